The van der Waals surface area contributed by atoms with Crippen molar-refractivity contribution in [2.45, 2.75) is 51.6 Å². The Kier molecular flexibility index (Phi) is 7.54. The lowest BCUT2D eigenvalue weighted by Crippen LogP contribution is -2.46. The first-order chi connectivity index (χ1) is 14.9. The van der Waals surface area contributed by atoms with Crippen LogP contribution in [0.25, 0.3) is 0 Å². The summed E-state index contributed by atoms with van der Waals surface area (Å²) in [6.07, 6.45) is 3.10. The molecule has 0 radical (unpaired) electrons. The van der Waals surface area contributed by atoms with E-state index in [-0.39, 0.29) is 18.6 Å². The summed E-state index contributed by atoms with van der Waals surface area (Å²) in [5.41, 5.74) is 7.97. The Balaban J connectivity index is 1.41. The van der Waals surface area contributed by atoms with Crippen molar-refractivity contribution in [1.29, 1.82) is 0 Å². The molecule has 7 heteroatoms. The third kappa shape index (κ3) is 6.25. The summed E-state index contributed by atoms with van der Waals surface area (Å²) in [6.45, 7) is 1.40. The Hall–Kier alpha value is -3.48. The first-order valence-corrected chi connectivity index (χ1v) is 10.4. The maximum atomic E-state index is 12.4. The zero-order chi connectivity index (χ0) is 22.2. The maximum Gasteiger partial charge on any atom is 0.307 e. The molecule has 3 rings (SSSR count). The molecule has 1 aliphatic carbocycles. The van der Waals surface area contributed by atoms with Crippen LogP contribution in [0.3, 0.4) is 0 Å². The zero-order valence-corrected chi connectivity index (χ0v) is 17.5. The SMILES string of the molecule is C[C@@H](OC(=O)CCC(=O)c1ccc2c(c1)CCCC2)C(=O)NNC(=O)c1ccccc1. The molecule has 0 heterocycles. The van der Waals surface area contributed by atoms with E-state index in [0.29, 0.717) is 11.1 Å². The van der Waals surface area contributed by atoms with Crippen LogP contribution in [0.2, 0.25) is 0 Å². The summed E-state index contributed by atoms with van der Waals surface area (Å²) in [4.78, 5) is 48.4. The number of carbonyl (C=O) groups excluding carboxylic acids is 4. The second kappa shape index (κ2) is 10.5. The van der Waals surface area contributed by atoms with E-state index in [4.69, 9.17) is 4.74 Å². The van der Waals surface area contributed by atoms with Gasteiger partial charge in [0.1, 0.15) is 0 Å². The summed E-state index contributed by atoms with van der Waals surface area (Å²) in [5, 5.41) is 0. The predicted octanol–water partition coefficient (Wildman–Crippen LogP) is 2.92. The predicted molar refractivity (Wildman–Crippen MR) is 114 cm³/mol. The van der Waals surface area contributed by atoms with E-state index >= 15 is 0 Å². The average molecular weight is 422 g/mol. The van der Waals surface area contributed by atoms with E-state index in [9.17, 15) is 19.2 Å². The number of esters is 1. The smallest absolute Gasteiger partial charge is 0.307 e. The number of hydrazine groups is 1. The first-order valence-electron chi connectivity index (χ1n) is 10.4. The standard InChI is InChI=1S/C24H26N2O5/c1-16(23(29)25-26-24(30)18-8-3-2-4-9-18)31-22(28)14-13-21(27)20-12-11-17-7-5-6-10-19(17)15-20/h2-4,8-9,11-12,15-16H,5-7,10,13-14H2,1H3,(H,25,29)(H,26,30)/t16-/m1/s1. The Morgan fingerprint density at radius 2 is 1.58 bits per heavy atom. The third-order valence-electron chi connectivity index (χ3n) is 5.24. The second-order valence-corrected chi connectivity index (χ2v) is 7.56. The molecule has 2 N–H and O–H groups in total. The van der Waals surface area contributed by atoms with Gasteiger partial charge < -0.3 is 4.74 Å². The van der Waals surface area contributed by atoms with Gasteiger partial charge in [0.15, 0.2) is 11.9 Å². The number of aryl methyl sites for hydroxylation is 2. The first kappa shape index (κ1) is 22.2. The topological polar surface area (TPSA) is 102 Å². The number of Topliss-reactive ketones (excluding diaryl/α,β-unsaturated/α-hetero) is 1. The van der Waals surface area contributed by atoms with Gasteiger partial charge in [0.05, 0.1) is 6.42 Å². The molecular formula is C24H26N2O5. The highest BCUT2D eigenvalue weighted by Crippen LogP contribution is 2.23. The van der Waals surface area contributed by atoms with Gasteiger partial charge in [-0.15, -0.1) is 0 Å². The van der Waals surface area contributed by atoms with Gasteiger partial charge in [0, 0.05) is 17.5 Å². The van der Waals surface area contributed by atoms with Crippen LogP contribution in [-0.4, -0.2) is 29.7 Å². The molecule has 0 bridgehead atoms. The fourth-order valence-electron chi connectivity index (χ4n) is 3.46. The molecule has 1 aliphatic rings. The van der Waals surface area contributed by atoms with Crippen LogP contribution >= 0.6 is 0 Å². The number of ketones is 1. The Morgan fingerprint density at radius 1 is 0.871 bits per heavy atom. The maximum absolute atomic E-state index is 12.4. The Morgan fingerprint density at radius 3 is 2.32 bits per heavy atom. The third-order valence-corrected chi connectivity index (χ3v) is 5.24. The number of amides is 2. The van der Waals surface area contributed by atoms with Crippen LogP contribution in [0.4, 0.5) is 0 Å². The molecule has 31 heavy (non-hydrogen) atoms. The van der Waals surface area contributed by atoms with Crippen LogP contribution in [0.15, 0.2) is 48.5 Å². The molecule has 0 aromatic heterocycles. The minimum absolute atomic E-state index is 0.0106. The molecule has 162 valence electrons. The van der Waals surface area contributed by atoms with Crippen molar-refractivity contribution in [2.75, 3.05) is 0 Å². The van der Waals surface area contributed by atoms with E-state index < -0.39 is 23.9 Å². The van der Waals surface area contributed by atoms with Crippen LogP contribution in [0.5, 0.6) is 0 Å². The fourth-order valence-corrected chi connectivity index (χ4v) is 3.46. The number of hydrogen-bond donors (Lipinski definition) is 2. The molecule has 0 saturated carbocycles. The average Bonchev–Trinajstić information content (AvgIpc) is 2.80. The quantitative estimate of drug-likeness (QED) is 0.406. The fraction of sp³-hybridized carbons (Fsp3) is 0.333. The summed E-state index contributed by atoms with van der Waals surface area (Å²) >= 11 is 0. The lowest BCUT2D eigenvalue weighted by Gasteiger charge is -2.16. The van der Waals surface area contributed by atoms with Crippen molar-refractivity contribution < 1.29 is 23.9 Å². The minimum Gasteiger partial charge on any atom is -0.452 e. The van der Waals surface area contributed by atoms with Crippen LogP contribution < -0.4 is 10.9 Å². The second-order valence-electron chi connectivity index (χ2n) is 7.56. The summed E-state index contributed by atoms with van der Waals surface area (Å²) in [7, 11) is 0. The minimum atomic E-state index is -1.11. The van der Waals surface area contributed by atoms with Crippen molar-refractivity contribution in [1.82, 2.24) is 10.9 Å². The normalized spacial score (nSPS) is 13.5. The number of carbonyl (C=O) groups is 4. The van der Waals surface area contributed by atoms with E-state index in [0.717, 1.165) is 19.3 Å². The van der Waals surface area contributed by atoms with Gasteiger partial charge in [-0.1, -0.05) is 30.3 Å². The number of benzene rings is 2. The van der Waals surface area contributed by atoms with Gasteiger partial charge >= 0.3 is 5.97 Å². The largest absolute Gasteiger partial charge is 0.452 e. The highest BCUT2D eigenvalue weighted by atomic mass is 16.5. The summed E-state index contributed by atoms with van der Waals surface area (Å²) in [6, 6.07) is 14.1. The van der Waals surface area contributed by atoms with Crippen molar-refractivity contribution in [3.05, 3.63) is 70.8 Å². The van der Waals surface area contributed by atoms with E-state index in [1.165, 1.54) is 24.5 Å². The zero-order valence-electron chi connectivity index (χ0n) is 17.5. The van der Waals surface area contributed by atoms with Crippen molar-refractivity contribution >= 4 is 23.6 Å². The summed E-state index contributed by atoms with van der Waals surface area (Å²) in [5.74, 6) is -1.93. The summed E-state index contributed by atoms with van der Waals surface area (Å²) < 4.78 is 5.07. The molecule has 0 saturated heterocycles. The number of nitrogens with one attached hydrogen (secondary N) is 2. The molecule has 0 spiro atoms. The highest BCUT2D eigenvalue weighted by Gasteiger charge is 2.20. The number of hydrogen-bond acceptors (Lipinski definition) is 5. The van der Waals surface area contributed by atoms with E-state index in [1.807, 2.05) is 18.2 Å². The number of rotatable bonds is 7. The lowest BCUT2D eigenvalue weighted by atomic mass is 9.89. The molecule has 0 fully saturated rings. The van der Waals surface area contributed by atoms with Crippen molar-refractivity contribution in [3.63, 3.8) is 0 Å². The van der Waals surface area contributed by atoms with Gasteiger partial charge in [0.25, 0.3) is 11.8 Å². The van der Waals surface area contributed by atoms with Gasteiger partial charge in [-0.2, -0.15) is 0 Å². The molecule has 0 unspecified atom stereocenters. The highest BCUT2D eigenvalue weighted by molar-refractivity contribution is 5.98. The molecule has 1 atom stereocenters. The molecule has 2 amide bonds. The Bertz CT molecular complexity index is 971. The van der Waals surface area contributed by atoms with Gasteiger partial charge in [-0.3, -0.25) is 30.0 Å². The Labute approximate surface area is 181 Å². The van der Waals surface area contributed by atoms with E-state index in [2.05, 4.69) is 10.9 Å². The monoisotopic (exact) mass is 422 g/mol. The van der Waals surface area contributed by atoms with Crippen LogP contribution in [-0.2, 0) is 27.2 Å². The van der Waals surface area contributed by atoms with Crippen molar-refractivity contribution in [3.8, 4) is 0 Å². The van der Waals surface area contributed by atoms with Crippen LogP contribution in [0.1, 0.15) is 64.4 Å². The molecule has 2 aromatic rings. The number of fused-ring (bicyclic) bond motifs is 1. The van der Waals surface area contributed by atoms with Crippen LogP contribution in [0, 0.1) is 0 Å². The molecule has 2 aromatic carbocycles. The van der Waals surface area contributed by atoms with Gasteiger partial charge in [-0.25, -0.2) is 0 Å². The van der Waals surface area contributed by atoms with Crippen molar-refractivity contribution in [2.24, 2.45) is 0 Å². The van der Waals surface area contributed by atoms with Gasteiger partial charge in [0.2, 0.25) is 0 Å². The molecule has 7 nitrogen and oxygen atoms in total. The number of ether oxygens (including phenoxy) is 1. The van der Waals surface area contributed by atoms with Gasteiger partial charge in [-0.05, 0) is 61.9 Å². The molecule has 0 aliphatic heterocycles. The lowest BCUT2D eigenvalue weighted by molar-refractivity contribution is -0.155. The van der Waals surface area contributed by atoms with E-state index in [1.54, 1.807) is 30.3 Å². The molecular weight excluding hydrogens is 396 g/mol.